The number of aliphatic hydroxyl groups excluding tert-OH is 12. The van der Waals surface area contributed by atoms with E-state index in [-0.39, 0.29) is 41.4 Å². The number of allylic oxidation sites excluding steroid dienone is 1. The lowest BCUT2D eigenvalue weighted by atomic mass is 9.46. The zero-order valence-corrected chi connectivity index (χ0v) is 37.4. The molecule has 7 rings (SSSR count). The summed E-state index contributed by atoms with van der Waals surface area (Å²) in [6, 6.07) is 0. The molecule has 6 fully saturated rings. The zero-order chi connectivity index (χ0) is 46.0. The van der Waals surface area contributed by atoms with Gasteiger partial charge in [-0.15, -0.1) is 0 Å². The molecule has 0 amide bonds. The zero-order valence-electron chi connectivity index (χ0n) is 37.4. The molecule has 0 radical (unpaired) electrons. The Bertz CT molecular complexity index is 1550. The quantitative estimate of drug-likeness (QED) is 0.0967. The van der Waals surface area contributed by atoms with Crippen LogP contribution in [0.1, 0.15) is 92.9 Å². The Morgan fingerprint density at radius 2 is 1.27 bits per heavy atom. The highest BCUT2D eigenvalue weighted by Gasteiger charge is 2.65. The first-order valence-corrected chi connectivity index (χ1v) is 23.3. The molecule has 364 valence electrons. The van der Waals surface area contributed by atoms with Crippen LogP contribution in [-0.4, -0.2) is 191 Å². The first-order valence-electron chi connectivity index (χ1n) is 23.3. The molecule has 63 heavy (non-hydrogen) atoms. The normalized spacial score (nSPS) is 52.4. The average Bonchev–Trinajstić information content (AvgIpc) is 3.54. The maximum absolute atomic E-state index is 11.7. The van der Waals surface area contributed by atoms with Crippen LogP contribution in [0.25, 0.3) is 0 Å². The van der Waals surface area contributed by atoms with Gasteiger partial charge in [-0.05, 0) is 92.8 Å². The monoisotopic (exact) mass is 905 g/mol. The first kappa shape index (κ1) is 49.9. The van der Waals surface area contributed by atoms with Gasteiger partial charge in [0.2, 0.25) is 0 Å². The number of ether oxygens (including phenoxy) is 6. The number of rotatable bonds is 13. The predicted molar refractivity (Wildman–Crippen MR) is 220 cm³/mol. The Kier molecular flexibility index (Phi) is 15.5. The molecular formula is C45H76O18. The highest BCUT2D eigenvalue weighted by Crippen LogP contribution is 2.68. The van der Waals surface area contributed by atoms with E-state index in [1.54, 1.807) is 6.92 Å². The fourth-order valence-corrected chi connectivity index (χ4v) is 13.1. The van der Waals surface area contributed by atoms with Gasteiger partial charge in [-0.3, -0.25) is 0 Å². The second-order valence-corrected chi connectivity index (χ2v) is 20.9. The van der Waals surface area contributed by atoms with Crippen molar-refractivity contribution in [1.82, 2.24) is 0 Å². The summed E-state index contributed by atoms with van der Waals surface area (Å²) < 4.78 is 36.8. The Labute approximate surface area is 369 Å². The molecule has 3 saturated carbocycles. The van der Waals surface area contributed by atoms with Crippen LogP contribution in [0.2, 0.25) is 0 Å². The molecular weight excluding hydrogens is 828 g/mol. The van der Waals surface area contributed by atoms with E-state index >= 15 is 0 Å². The van der Waals surface area contributed by atoms with E-state index in [4.69, 9.17) is 28.4 Å². The molecule has 18 nitrogen and oxygen atoms in total. The van der Waals surface area contributed by atoms with Gasteiger partial charge in [0.25, 0.3) is 0 Å². The first-order chi connectivity index (χ1) is 29.7. The smallest absolute Gasteiger partial charge is 0.187 e. The van der Waals surface area contributed by atoms with Gasteiger partial charge in [0.05, 0.1) is 43.7 Å². The number of hydrogen-bond donors (Lipinski definition) is 12. The molecule has 0 aromatic carbocycles. The number of fused-ring (bicyclic) bond motifs is 5. The molecule has 12 N–H and O–H groups in total. The van der Waals surface area contributed by atoms with Crippen molar-refractivity contribution in [3.63, 3.8) is 0 Å². The molecule has 26 unspecified atom stereocenters. The van der Waals surface area contributed by atoms with Crippen LogP contribution in [0.4, 0.5) is 0 Å². The minimum Gasteiger partial charge on any atom is -0.394 e. The fourth-order valence-electron chi connectivity index (χ4n) is 13.1. The Morgan fingerprint density at radius 3 is 1.86 bits per heavy atom. The molecule has 26 atom stereocenters. The lowest BCUT2D eigenvalue weighted by molar-refractivity contribution is -0.363. The second kappa shape index (κ2) is 19.6. The third-order valence-corrected chi connectivity index (χ3v) is 16.8. The summed E-state index contributed by atoms with van der Waals surface area (Å²) in [4.78, 5) is 0. The van der Waals surface area contributed by atoms with Crippen molar-refractivity contribution in [2.45, 2.75) is 209 Å². The van der Waals surface area contributed by atoms with E-state index < -0.39 is 135 Å². The van der Waals surface area contributed by atoms with Crippen LogP contribution in [0, 0.1) is 46.3 Å². The topological polar surface area (TPSA) is 298 Å². The lowest BCUT2D eigenvalue weighted by Gasteiger charge is -2.60. The highest BCUT2D eigenvalue weighted by atomic mass is 16.7. The maximum atomic E-state index is 11.7. The summed E-state index contributed by atoms with van der Waals surface area (Å²) in [6.45, 7) is 11.0. The predicted octanol–water partition coefficient (Wildman–Crippen LogP) is -1.20. The third kappa shape index (κ3) is 9.08. The van der Waals surface area contributed by atoms with Crippen molar-refractivity contribution in [3.8, 4) is 0 Å². The maximum Gasteiger partial charge on any atom is 0.187 e. The summed E-state index contributed by atoms with van der Waals surface area (Å²) in [5.74, 6) is 0.152. The minimum atomic E-state index is -1.73. The fraction of sp³-hybridized carbons (Fsp3) is 0.956. The molecule has 3 heterocycles. The van der Waals surface area contributed by atoms with Gasteiger partial charge in [-0.25, -0.2) is 0 Å². The van der Waals surface area contributed by atoms with Gasteiger partial charge >= 0.3 is 0 Å². The van der Waals surface area contributed by atoms with Crippen LogP contribution in [-0.2, 0) is 28.4 Å². The van der Waals surface area contributed by atoms with E-state index in [0.29, 0.717) is 31.6 Å². The van der Waals surface area contributed by atoms with Crippen LogP contribution in [0.5, 0.6) is 0 Å². The van der Waals surface area contributed by atoms with Crippen molar-refractivity contribution in [3.05, 3.63) is 11.6 Å². The van der Waals surface area contributed by atoms with Gasteiger partial charge in [0, 0.05) is 11.8 Å². The lowest BCUT2D eigenvalue weighted by Crippen LogP contribution is -2.64. The largest absolute Gasteiger partial charge is 0.394 e. The summed E-state index contributed by atoms with van der Waals surface area (Å²) in [6.07, 6.45) is -17.4. The summed E-state index contributed by atoms with van der Waals surface area (Å²) >= 11 is 0. The molecule has 0 aromatic heterocycles. The molecule has 4 aliphatic carbocycles. The van der Waals surface area contributed by atoms with E-state index in [9.17, 15) is 61.3 Å². The van der Waals surface area contributed by atoms with Crippen molar-refractivity contribution in [2.75, 3.05) is 13.2 Å². The molecule has 7 aliphatic rings. The van der Waals surface area contributed by atoms with Gasteiger partial charge < -0.3 is 89.7 Å². The Balaban J connectivity index is 1.12. The van der Waals surface area contributed by atoms with E-state index in [1.165, 1.54) is 0 Å². The van der Waals surface area contributed by atoms with E-state index in [1.807, 2.05) is 0 Å². The van der Waals surface area contributed by atoms with E-state index in [2.05, 4.69) is 40.7 Å². The molecule has 3 saturated heterocycles. The third-order valence-electron chi connectivity index (χ3n) is 16.8. The summed E-state index contributed by atoms with van der Waals surface area (Å²) in [5.41, 5.74) is 0.0567. The molecule has 0 bridgehead atoms. The van der Waals surface area contributed by atoms with Crippen LogP contribution < -0.4 is 0 Å². The highest BCUT2D eigenvalue weighted by molar-refractivity contribution is 5.28. The van der Waals surface area contributed by atoms with Gasteiger partial charge in [0.15, 0.2) is 18.9 Å². The van der Waals surface area contributed by atoms with Gasteiger partial charge in [-0.2, -0.15) is 0 Å². The van der Waals surface area contributed by atoms with Crippen LogP contribution in [0.3, 0.4) is 0 Å². The standard InChI is InChI=1S/C45H76O18/c1-18(2)7-10-26(49)19(3)31-27(59-42-37(55)34(52)32(50)28(16-46)60-42)15-25-23-9-8-21-13-22(48)14-30(45(21,6)24(23)11-12-44(25,31)5)62-41-39(57)36(54)40(20(4)58-41)63-43-38(56)35(53)33(51)29(17-47)61-43/h8,18-20,22-43,46-57H,7,9-17H2,1-6H3. The summed E-state index contributed by atoms with van der Waals surface area (Å²) in [5, 5.41) is 129. The van der Waals surface area contributed by atoms with E-state index in [0.717, 1.165) is 24.8 Å². The molecule has 18 heteroatoms. The van der Waals surface area contributed by atoms with Crippen LogP contribution in [0.15, 0.2) is 11.6 Å². The molecule has 0 aromatic rings. The number of hydrogen-bond acceptors (Lipinski definition) is 18. The van der Waals surface area contributed by atoms with Gasteiger partial charge in [-0.1, -0.05) is 46.3 Å². The molecule has 3 aliphatic heterocycles. The van der Waals surface area contributed by atoms with Crippen molar-refractivity contribution < 1.29 is 89.7 Å². The SMILES string of the molecule is CC(C)CCC(O)C(C)C1C(OC2OC(CO)C(O)C(O)C2O)CC2C3CC=C4CC(O)CC(OC5OC(C)C(OC6OC(CO)C(O)C(O)C6O)C(O)C5O)C4(C)C3CCC21C. The molecule has 0 spiro atoms. The van der Waals surface area contributed by atoms with Gasteiger partial charge in [0.1, 0.15) is 67.1 Å². The van der Waals surface area contributed by atoms with Crippen molar-refractivity contribution >= 4 is 0 Å². The number of aliphatic hydroxyl groups is 12. The van der Waals surface area contributed by atoms with Crippen molar-refractivity contribution in [2.24, 2.45) is 46.3 Å². The van der Waals surface area contributed by atoms with Crippen molar-refractivity contribution in [1.29, 1.82) is 0 Å². The average molecular weight is 905 g/mol. The summed E-state index contributed by atoms with van der Waals surface area (Å²) in [7, 11) is 0. The Morgan fingerprint density at radius 1 is 0.698 bits per heavy atom. The minimum absolute atomic E-state index is 0.0336. The van der Waals surface area contributed by atoms with Crippen LogP contribution >= 0.6 is 0 Å². The Hall–Kier alpha value is -0.980. The second-order valence-electron chi connectivity index (χ2n) is 20.9.